The lowest BCUT2D eigenvalue weighted by Gasteiger charge is -2.06. The van der Waals surface area contributed by atoms with Gasteiger partial charge in [0.25, 0.3) is 5.91 Å². The first-order valence-corrected chi connectivity index (χ1v) is 9.39. The van der Waals surface area contributed by atoms with Crippen LogP contribution in [-0.2, 0) is 0 Å². The fraction of sp³-hybridized carbons (Fsp3) is 0.222. The minimum absolute atomic E-state index is 0.124. The van der Waals surface area contributed by atoms with Crippen LogP contribution in [0.1, 0.15) is 31.8 Å². The fourth-order valence-electron chi connectivity index (χ4n) is 2.38. The maximum atomic E-state index is 12.3. The fourth-order valence-corrected chi connectivity index (χ4v) is 4.06. The monoisotopic (exact) mass is 370 g/mol. The Labute approximate surface area is 155 Å². The molecule has 2 aromatic heterocycles. The van der Waals surface area contributed by atoms with Crippen molar-refractivity contribution in [3.63, 3.8) is 0 Å². The number of rotatable bonds is 4. The van der Waals surface area contributed by atoms with Crippen molar-refractivity contribution in [1.82, 2.24) is 15.0 Å². The van der Waals surface area contributed by atoms with Crippen LogP contribution >= 0.6 is 23.1 Å². The van der Waals surface area contributed by atoms with E-state index >= 15 is 0 Å². The molecule has 5 nitrogen and oxygen atoms in total. The zero-order valence-electron chi connectivity index (χ0n) is 14.5. The Balaban J connectivity index is 1.69. The minimum Gasteiger partial charge on any atom is -0.321 e. The maximum absolute atomic E-state index is 12.3. The first kappa shape index (κ1) is 17.6. The van der Waals surface area contributed by atoms with Gasteiger partial charge in [-0.1, -0.05) is 0 Å². The third-order valence-electron chi connectivity index (χ3n) is 3.39. The highest BCUT2D eigenvalue weighted by Crippen LogP contribution is 2.27. The Morgan fingerprint density at radius 2 is 1.64 bits per heavy atom. The van der Waals surface area contributed by atoms with Gasteiger partial charge in [0.15, 0.2) is 5.16 Å². The van der Waals surface area contributed by atoms with Crippen LogP contribution in [0.3, 0.4) is 0 Å². The van der Waals surface area contributed by atoms with Gasteiger partial charge in [-0.15, -0.1) is 11.3 Å². The predicted molar refractivity (Wildman–Crippen MR) is 102 cm³/mol. The van der Waals surface area contributed by atoms with Crippen LogP contribution in [0.2, 0.25) is 0 Å². The van der Waals surface area contributed by atoms with Gasteiger partial charge in [-0.25, -0.2) is 15.0 Å². The quantitative estimate of drug-likeness (QED) is 0.681. The van der Waals surface area contributed by atoms with Gasteiger partial charge in [-0.05, 0) is 69.8 Å². The highest BCUT2D eigenvalue weighted by molar-refractivity contribution is 7.99. The molecule has 0 aliphatic rings. The molecule has 3 aromatic rings. The molecule has 128 valence electrons. The summed E-state index contributed by atoms with van der Waals surface area (Å²) in [6.45, 7) is 7.67. The number of benzene rings is 1. The molecule has 2 heterocycles. The van der Waals surface area contributed by atoms with Crippen molar-refractivity contribution < 1.29 is 4.79 Å². The van der Waals surface area contributed by atoms with Gasteiger partial charge in [-0.3, -0.25) is 4.79 Å². The van der Waals surface area contributed by atoms with Gasteiger partial charge in [0, 0.05) is 22.0 Å². The van der Waals surface area contributed by atoms with Gasteiger partial charge >= 0.3 is 0 Å². The van der Waals surface area contributed by atoms with Crippen LogP contribution in [0.15, 0.2) is 40.4 Å². The van der Waals surface area contributed by atoms with Crippen LogP contribution in [-0.4, -0.2) is 20.9 Å². The Morgan fingerprint density at radius 3 is 2.20 bits per heavy atom. The third kappa shape index (κ3) is 4.43. The highest BCUT2D eigenvalue weighted by Gasteiger charge is 2.14. The lowest BCUT2D eigenvalue weighted by molar-refractivity contribution is 0.103. The normalized spacial score (nSPS) is 10.7. The number of thiazole rings is 1. The van der Waals surface area contributed by atoms with Crippen molar-refractivity contribution >= 4 is 34.7 Å². The molecule has 0 fully saturated rings. The Hall–Kier alpha value is -2.25. The molecule has 0 saturated heterocycles. The van der Waals surface area contributed by atoms with E-state index < -0.39 is 0 Å². The van der Waals surface area contributed by atoms with E-state index in [1.807, 2.05) is 58.0 Å². The molecule has 25 heavy (non-hydrogen) atoms. The molecule has 0 spiro atoms. The first-order valence-electron chi connectivity index (χ1n) is 7.76. The van der Waals surface area contributed by atoms with Crippen molar-refractivity contribution in [2.75, 3.05) is 5.32 Å². The second-order valence-corrected chi connectivity index (χ2v) is 7.91. The molecule has 0 radical (unpaired) electrons. The van der Waals surface area contributed by atoms with Crippen LogP contribution in [0.5, 0.6) is 0 Å². The lowest BCUT2D eigenvalue weighted by Crippen LogP contribution is -2.11. The molecule has 1 N–H and O–H groups in total. The number of hydrogen-bond donors (Lipinski definition) is 1. The number of nitrogens with zero attached hydrogens (tertiary/aromatic N) is 3. The Bertz CT molecular complexity index is 899. The Morgan fingerprint density at radius 1 is 1.00 bits per heavy atom. The number of hydrogen-bond acceptors (Lipinski definition) is 6. The summed E-state index contributed by atoms with van der Waals surface area (Å²) in [5, 5.41) is 4.53. The molecule has 0 atom stereocenters. The summed E-state index contributed by atoms with van der Waals surface area (Å²) >= 11 is 2.91. The second kappa shape index (κ2) is 7.33. The lowest BCUT2D eigenvalue weighted by atomic mass is 10.3. The molecule has 0 unspecified atom stereocenters. The van der Waals surface area contributed by atoms with E-state index in [-0.39, 0.29) is 5.91 Å². The summed E-state index contributed by atoms with van der Waals surface area (Å²) in [4.78, 5) is 27.2. The van der Waals surface area contributed by atoms with E-state index in [1.165, 1.54) is 23.1 Å². The van der Waals surface area contributed by atoms with Crippen molar-refractivity contribution in [3.05, 3.63) is 57.3 Å². The average molecular weight is 371 g/mol. The van der Waals surface area contributed by atoms with E-state index in [1.54, 1.807) is 0 Å². The molecule has 3 rings (SSSR count). The predicted octanol–water partition coefficient (Wildman–Crippen LogP) is 4.57. The standard InChI is InChI=1S/C18H18N4OS2/c1-10-9-11(2)20-18(19-10)25-15-7-5-14(6-8-15)22-17(23)16-12(3)21-13(4)24-16/h5-9H,1-4H3,(H,22,23). The van der Waals surface area contributed by atoms with E-state index in [2.05, 4.69) is 20.3 Å². The van der Waals surface area contributed by atoms with Crippen LogP contribution in [0, 0.1) is 27.7 Å². The molecule has 1 amide bonds. The summed E-state index contributed by atoms with van der Waals surface area (Å²) in [5.41, 5.74) is 3.42. The van der Waals surface area contributed by atoms with Gasteiger partial charge in [0.2, 0.25) is 0 Å². The number of aromatic nitrogens is 3. The maximum Gasteiger partial charge on any atom is 0.267 e. The number of amides is 1. The van der Waals surface area contributed by atoms with Gasteiger partial charge < -0.3 is 5.32 Å². The summed E-state index contributed by atoms with van der Waals surface area (Å²) < 4.78 is 0. The molecule has 0 bridgehead atoms. The van der Waals surface area contributed by atoms with E-state index in [0.717, 1.165) is 37.8 Å². The summed E-state index contributed by atoms with van der Waals surface area (Å²) in [5.74, 6) is -0.124. The number of nitrogens with one attached hydrogen (secondary N) is 1. The summed E-state index contributed by atoms with van der Waals surface area (Å²) in [6.07, 6.45) is 0. The molecule has 7 heteroatoms. The van der Waals surface area contributed by atoms with Crippen LogP contribution in [0.25, 0.3) is 0 Å². The van der Waals surface area contributed by atoms with Crippen molar-refractivity contribution in [2.24, 2.45) is 0 Å². The SMILES string of the molecule is Cc1cc(C)nc(Sc2ccc(NC(=O)c3sc(C)nc3C)cc2)n1. The third-order valence-corrected chi connectivity index (χ3v) is 5.34. The number of carbonyl (C=O) groups is 1. The summed E-state index contributed by atoms with van der Waals surface area (Å²) in [6, 6.07) is 9.61. The van der Waals surface area contributed by atoms with Crippen molar-refractivity contribution in [1.29, 1.82) is 0 Å². The van der Waals surface area contributed by atoms with Gasteiger partial charge in [0.05, 0.1) is 10.7 Å². The first-order chi connectivity index (χ1) is 11.9. The molecule has 0 aliphatic carbocycles. The number of carbonyl (C=O) groups excluding carboxylic acids is 1. The average Bonchev–Trinajstić information content (AvgIpc) is 2.87. The van der Waals surface area contributed by atoms with E-state index in [0.29, 0.717) is 4.88 Å². The largest absolute Gasteiger partial charge is 0.321 e. The van der Waals surface area contributed by atoms with Crippen molar-refractivity contribution in [2.45, 2.75) is 37.7 Å². The van der Waals surface area contributed by atoms with Gasteiger partial charge in [-0.2, -0.15) is 0 Å². The Kier molecular flexibility index (Phi) is 5.15. The number of anilines is 1. The molecule has 0 aliphatic heterocycles. The molecular formula is C18H18N4OS2. The summed E-state index contributed by atoms with van der Waals surface area (Å²) in [7, 11) is 0. The minimum atomic E-state index is -0.124. The molecule has 1 aromatic carbocycles. The second-order valence-electron chi connectivity index (χ2n) is 5.66. The van der Waals surface area contributed by atoms with Gasteiger partial charge in [0.1, 0.15) is 4.88 Å². The van der Waals surface area contributed by atoms with E-state index in [4.69, 9.17) is 0 Å². The highest BCUT2D eigenvalue weighted by atomic mass is 32.2. The topological polar surface area (TPSA) is 67.8 Å². The van der Waals surface area contributed by atoms with Crippen LogP contribution < -0.4 is 5.32 Å². The molecule has 0 saturated carbocycles. The zero-order chi connectivity index (χ0) is 18.0. The van der Waals surface area contributed by atoms with Crippen LogP contribution in [0.4, 0.5) is 5.69 Å². The molecular weight excluding hydrogens is 352 g/mol. The smallest absolute Gasteiger partial charge is 0.267 e. The number of aryl methyl sites for hydroxylation is 4. The zero-order valence-corrected chi connectivity index (χ0v) is 16.1. The van der Waals surface area contributed by atoms with Crippen molar-refractivity contribution in [3.8, 4) is 0 Å². The van der Waals surface area contributed by atoms with E-state index in [9.17, 15) is 4.79 Å².